The maximum absolute atomic E-state index is 13.1. The maximum atomic E-state index is 13.1. The second-order valence-electron chi connectivity index (χ2n) is 9.61. The summed E-state index contributed by atoms with van der Waals surface area (Å²) in [4.78, 5) is 22.5. The molecule has 1 aromatic carbocycles. The number of fused-ring (bicyclic) bond motifs is 1. The van der Waals surface area contributed by atoms with Crippen molar-refractivity contribution in [1.29, 1.82) is 0 Å². The molecule has 0 radical (unpaired) electrons. The maximum Gasteiger partial charge on any atom is 0.271 e. The van der Waals surface area contributed by atoms with E-state index < -0.39 is 15.1 Å². The Balaban J connectivity index is 1.55. The van der Waals surface area contributed by atoms with Crippen LogP contribution < -0.4 is 10.9 Å². The van der Waals surface area contributed by atoms with E-state index in [1.165, 1.54) is 0 Å². The van der Waals surface area contributed by atoms with E-state index in [1.807, 2.05) is 6.92 Å². The number of aryl methyl sites for hydroxylation is 1. The lowest BCUT2D eigenvalue weighted by molar-refractivity contribution is 0.358. The SMILES string of the molecule is Cc1cc(S(=O)(=O)C(C)C)ccc1Nc1ncc2cc(Cl)c(=O)n(C3CCCC34CC4)c2n1. The molecule has 1 atom stereocenters. The Bertz CT molecular complexity index is 1430. The summed E-state index contributed by atoms with van der Waals surface area (Å²) in [6.45, 7) is 5.18. The Hall–Kier alpha value is -2.45. The fourth-order valence-corrected chi connectivity index (χ4v) is 6.40. The molecule has 3 aromatic rings. The summed E-state index contributed by atoms with van der Waals surface area (Å²) in [6.07, 6.45) is 7.14. The van der Waals surface area contributed by atoms with Crippen LogP contribution in [0, 0.1) is 12.3 Å². The number of sulfone groups is 1. The highest BCUT2D eigenvalue weighted by Gasteiger charge is 2.53. The van der Waals surface area contributed by atoms with Gasteiger partial charge in [0.05, 0.1) is 10.1 Å². The molecule has 9 heteroatoms. The van der Waals surface area contributed by atoms with E-state index in [9.17, 15) is 13.2 Å². The molecule has 0 aliphatic heterocycles. The Labute approximate surface area is 198 Å². The summed E-state index contributed by atoms with van der Waals surface area (Å²) in [5, 5.41) is 3.62. The van der Waals surface area contributed by atoms with Crippen molar-refractivity contribution < 1.29 is 8.42 Å². The molecule has 1 unspecified atom stereocenters. The largest absolute Gasteiger partial charge is 0.324 e. The molecule has 1 spiro atoms. The first-order valence-corrected chi connectivity index (χ1v) is 13.2. The van der Waals surface area contributed by atoms with Gasteiger partial charge in [-0.25, -0.2) is 13.4 Å². The van der Waals surface area contributed by atoms with Crippen molar-refractivity contribution in [2.45, 2.75) is 69.1 Å². The molecule has 174 valence electrons. The monoisotopic (exact) mass is 486 g/mol. The van der Waals surface area contributed by atoms with E-state index in [2.05, 4.69) is 10.3 Å². The number of rotatable bonds is 5. The standard InChI is InChI=1S/C24H27ClN4O3S/c1-14(2)33(31,32)17-6-7-19(15(3)11-17)27-23-26-13-16-12-18(25)22(30)29(21(16)28-23)20-5-4-8-24(20)9-10-24/h6-7,11-14,20H,4-5,8-10H2,1-3H3,(H,26,27,28). The van der Waals surface area contributed by atoms with E-state index in [0.717, 1.165) is 43.1 Å². The van der Waals surface area contributed by atoms with Gasteiger partial charge in [0, 0.05) is 23.3 Å². The average molecular weight is 487 g/mol. The van der Waals surface area contributed by atoms with Gasteiger partial charge in [-0.05, 0) is 81.7 Å². The minimum atomic E-state index is -3.36. The molecule has 33 heavy (non-hydrogen) atoms. The summed E-state index contributed by atoms with van der Waals surface area (Å²) in [6, 6.07) is 6.71. The Morgan fingerprint density at radius 2 is 1.97 bits per heavy atom. The van der Waals surface area contributed by atoms with E-state index in [0.29, 0.717) is 22.2 Å². The molecule has 2 aliphatic carbocycles. The summed E-state index contributed by atoms with van der Waals surface area (Å²) < 4.78 is 26.8. The van der Waals surface area contributed by atoms with Crippen LogP contribution in [-0.4, -0.2) is 28.2 Å². The predicted octanol–water partition coefficient (Wildman–Crippen LogP) is 5.18. The van der Waals surface area contributed by atoms with Crippen molar-refractivity contribution in [2.75, 3.05) is 5.32 Å². The molecule has 2 heterocycles. The van der Waals surface area contributed by atoms with Gasteiger partial charge in [-0.15, -0.1) is 0 Å². The third-order valence-corrected chi connectivity index (χ3v) is 9.61. The molecule has 1 N–H and O–H groups in total. The molecular formula is C24H27ClN4O3S. The first kappa shape index (κ1) is 22.3. The van der Waals surface area contributed by atoms with Gasteiger partial charge in [-0.1, -0.05) is 18.0 Å². The van der Waals surface area contributed by atoms with Crippen LogP contribution in [-0.2, 0) is 9.84 Å². The van der Waals surface area contributed by atoms with Gasteiger partial charge in [0.15, 0.2) is 9.84 Å². The fraction of sp³-hybridized carbons (Fsp3) is 0.458. The second kappa shape index (κ2) is 7.81. The highest BCUT2D eigenvalue weighted by Crippen LogP contribution is 2.63. The van der Waals surface area contributed by atoms with Crippen LogP contribution in [0.15, 0.2) is 40.2 Å². The number of nitrogens with one attached hydrogen (secondary N) is 1. The summed E-state index contributed by atoms with van der Waals surface area (Å²) in [7, 11) is -3.36. The molecule has 2 aromatic heterocycles. The zero-order valence-electron chi connectivity index (χ0n) is 18.9. The van der Waals surface area contributed by atoms with Gasteiger partial charge in [-0.3, -0.25) is 9.36 Å². The number of pyridine rings is 1. The first-order valence-electron chi connectivity index (χ1n) is 11.3. The van der Waals surface area contributed by atoms with Crippen LogP contribution >= 0.6 is 11.6 Å². The Morgan fingerprint density at radius 3 is 2.64 bits per heavy atom. The van der Waals surface area contributed by atoms with Crippen LogP contribution in [0.25, 0.3) is 11.0 Å². The van der Waals surface area contributed by atoms with Gasteiger partial charge in [0.1, 0.15) is 10.7 Å². The van der Waals surface area contributed by atoms with Crippen LogP contribution in [0.2, 0.25) is 5.02 Å². The van der Waals surface area contributed by atoms with Crippen molar-refractivity contribution in [3.63, 3.8) is 0 Å². The first-order chi connectivity index (χ1) is 15.6. The minimum Gasteiger partial charge on any atom is -0.324 e. The number of benzene rings is 1. The lowest BCUT2D eigenvalue weighted by Gasteiger charge is -2.23. The van der Waals surface area contributed by atoms with E-state index in [-0.39, 0.29) is 22.0 Å². The number of anilines is 2. The van der Waals surface area contributed by atoms with Crippen molar-refractivity contribution in [1.82, 2.24) is 14.5 Å². The van der Waals surface area contributed by atoms with E-state index >= 15 is 0 Å². The quantitative estimate of drug-likeness (QED) is 0.533. The molecule has 0 saturated heterocycles. The topological polar surface area (TPSA) is 94.0 Å². The number of hydrogen-bond acceptors (Lipinski definition) is 6. The highest BCUT2D eigenvalue weighted by molar-refractivity contribution is 7.92. The van der Waals surface area contributed by atoms with E-state index in [4.69, 9.17) is 16.6 Å². The van der Waals surface area contributed by atoms with Crippen LogP contribution in [0.4, 0.5) is 11.6 Å². The van der Waals surface area contributed by atoms with Gasteiger partial charge in [0.2, 0.25) is 5.95 Å². The lowest BCUT2D eigenvalue weighted by atomic mass is 10.00. The Morgan fingerprint density at radius 1 is 1.21 bits per heavy atom. The second-order valence-corrected chi connectivity index (χ2v) is 12.5. The summed E-state index contributed by atoms with van der Waals surface area (Å²) in [5.41, 5.74) is 2.05. The molecule has 5 rings (SSSR count). The fourth-order valence-electron chi connectivity index (χ4n) is 5.05. The molecule has 0 amide bonds. The number of aromatic nitrogens is 3. The molecule has 2 saturated carbocycles. The van der Waals surface area contributed by atoms with Crippen LogP contribution in [0.5, 0.6) is 0 Å². The van der Waals surface area contributed by atoms with Crippen LogP contribution in [0.3, 0.4) is 0 Å². The van der Waals surface area contributed by atoms with Crippen molar-refractivity contribution in [3.05, 3.63) is 51.4 Å². The highest BCUT2D eigenvalue weighted by atomic mass is 35.5. The van der Waals surface area contributed by atoms with Crippen molar-refractivity contribution in [2.24, 2.45) is 5.41 Å². The average Bonchev–Trinajstić information content (AvgIpc) is 3.43. The van der Waals surface area contributed by atoms with E-state index in [1.54, 1.807) is 48.9 Å². The molecular weight excluding hydrogens is 460 g/mol. The smallest absolute Gasteiger partial charge is 0.271 e. The van der Waals surface area contributed by atoms with Gasteiger partial charge < -0.3 is 5.32 Å². The number of hydrogen-bond donors (Lipinski definition) is 1. The summed E-state index contributed by atoms with van der Waals surface area (Å²) in [5.74, 6) is 0.350. The van der Waals surface area contributed by atoms with Crippen LogP contribution in [0.1, 0.15) is 57.6 Å². The van der Waals surface area contributed by atoms with Gasteiger partial charge in [-0.2, -0.15) is 4.98 Å². The third kappa shape index (κ3) is 3.73. The molecule has 0 bridgehead atoms. The lowest BCUT2D eigenvalue weighted by Crippen LogP contribution is -2.29. The zero-order valence-corrected chi connectivity index (χ0v) is 20.5. The molecule has 2 fully saturated rings. The van der Waals surface area contributed by atoms with Crippen molar-refractivity contribution >= 4 is 44.1 Å². The third-order valence-electron chi connectivity index (χ3n) is 7.19. The normalized spacial score (nSPS) is 19.5. The van der Waals surface area contributed by atoms with Crippen molar-refractivity contribution in [3.8, 4) is 0 Å². The number of halogens is 1. The zero-order chi connectivity index (χ0) is 23.5. The minimum absolute atomic E-state index is 0.108. The Kier molecular flexibility index (Phi) is 5.29. The molecule has 2 aliphatic rings. The molecule has 7 nitrogen and oxygen atoms in total. The van der Waals surface area contributed by atoms with Gasteiger partial charge in [0.25, 0.3) is 5.56 Å². The van der Waals surface area contributed by atoms with Gasteiger partial charge >= 0.3 is 0 Å². The summed E-state index contributed by atoms with van der Waals surface area (Å²) >= 11 is 6.30. The predicted molar refractivity (Wildman–Crippen MR) is 130 cm³/mol. The number of nitrogens with zero attached hydrogens (tertiary/aromatic N) is 3.